The SMILES string of the molecule is CCNc1ccc(C(=N)N)c(Br)c1. The fourth-order valence-electron chi connectivity index (χ4n) is 1.05. The molecule has 13 heavy (non-hydrogen) atoms. The molecule has 0 aliphatic carbocycles. The zero-order valence-electron chi connectivity index (χ0n) is 7.39. The van der Waals surface area contributed by atoms with Crippen LogP contribution in [0.1, 0.15) is 12.5 Å². The molecule has 1 aromatic carbocycles. The summed E-state index contributed by atoms with van der Waals surface area (Å²) in [5, 5.41) is 10.4. The minimum absolute atomic E-state index is 0.0786. The number of nitrogens with two attached hydrogens (primary N) is 1. The minimum Gasteiger partial charge on any atom is -0.385 e. The molecule has 0 bridgehead atoms. The van der Waals surface area contributed by atoms with Crippen LogP contribution in [0.4, 0.5) is 5.69 Å². The number of nitrogen functional groups attached to an aromatic ring is 1. The van der Waals surface area contributed by atoms with Crippen LogP contribution in [0.3, 0.4) is 0 Å². The Kier molecular flexibility index (Phi) is 3.31. The quantitative estimate of drug-likeness (QED) is 0.561. The van der Waals surface area contributed by atoms with E-state index in [-0.39, 0.29) is 5.84 Å². The van der Waals surface area contributed by atoms with E-state index in [1.165, 1.54) is 0 Å². The molecule has 1 aromatic rings. The highest BCUT2D eigenvalue weighted by atomic mass is 79.9. The Balaban J connectivity index is 2.98. The van der Waals surface area contributed by atoms with Crippen LogP contribution in [0, 0.1) is 5.41 Å². The van der Waals surface area contributed by atoms with Gasteiger partial charge < -0.3 is 11.1 Å². The summed E-state index contributed by atoms with van der Waals surface area (Å²) in [5.41, 5.74) is 7.12. The number of hydrogen-bond donors (Lipinski definition) is 3. The minimum atomic E-state index is 0.0786. The summed E-state index contributed by atoms with van der Waals surface area (Å²) in [6.07, 6.45) is 0. The molecule has 70 valence electrons. The van der Waals surface area contributed by atoms with Gasteiger partial charge in [-0.1, -0.05) is 0 Å². The molecule has 0 aliphatic rings. The predicted molar refractivity (Wildman–Crippen MR) is 59.3 cm³/mol. The molecule has 0 radical (unpaired) electrons. The van der Waals surface area contributed by atoms with Gasteiger partial charge in [0.2, 0.25) is 0 Å². The molecule has 0 fully saturated rings. The number of anilines is 1. The Hall–Kier alpha value is -1.03. The summed E-state index contributed by atoms with van der Waals surface area (Å²) in [6.45, 7) is 2.92. The van der Waals surface area contributed by atoms with Crippen molar-refractivity contribution in [2.24, 2.45) is 5.73 Å². The molecule has 3 nitrogen and oxygen atoms in total. The molecule has 4 N–H and O–H groups in total. The average molecular weight is 242 g/mol. The second kappa shape index (κ2) is 4.28. The molecule has 0 saturated carbocycles. The van der Waals surface area contributed by atoms with Crippen molar-refractivity contribution in [3.05, 3.63) is 28.2 Å². The van der Waals surface area contributed by atoms with Gasteiger partial charge in [0, 0.05) is 22.3 Å². The van der Waals surface area contributed by atoms with E-state index in [9.17, 15) is 0 Å². The molecule has 0 heterocycles. The fourth-order valence-corrected chi connectivity index (χ4v) is 1.64. The van der Waals surface area contributed by atoms with E-state index in [4.69, 9.17) is 11.1 Å². The lowest BCUT2D eigenvalue weighted by atomic mass is 10.2. The standard InChI is InChI=1S/C9H12BrN3/c1-2-13-6-3-4-7(9(11)12)8(10)5-6/h3-5,13H,2H2,1H3,(H3,11,12). The third-order valence-corrected chi connectivity index (χ3v) is 2.30. The van der Waals surface area contributed by atoms with Crippen molar-refractivity contribution in [2.75, 3.05) is 11.9 Å². The number of rotatable bonds is 3. The van der Waals surface area contributed by atoms with Crippen LogP contribution in [0.2, 0.25) is 0 Å². The van der Waals surface area contributed by atoms with E-state index in [0.717, 1.165) is 22.3 Å². The summed E-state index contributed by atoms with van der Waals surface area (Å²) in [7, 11) is 0. The first-order valence-electron chi connectivity index (χ1n) is 4.03. The Morgan fingerprint density at radius 3 is 2.77 bits per heavy atom. The number of halogens is 1. The van der Waals surface area contributed by atoms with Gasteiger partial charge in [-0.3, -0.25) is 5.41 Å². The Bertz CT molecular complexity index is 323. The van der Waals surface area contributed by atoms with Crippen LogP contribution < -0.4 is 11.1 Å². The van der Waals surface area contributed by atoms with Crippen molar-refractivity contribution in [2.45, 2.75) is 6.92 Å². The molecule has 0 saturated heterocycles. The first-order valence-corrected chi connectivity index (χ1v) is 4.82. The number of nitrogens with one attached hydrogen (secondary N) is 2. The van der Waals surface area contributed by atoms with Crippen LogP contribution in [0.15, 0.2) is 22.7 Å². The van der Waals surface area contributed by atoms with Crippen molar-refractivity contribution >= 4 is 27.5 Å². The Labute approximate surface area is 86.0 Å². The van der Waals surface area contributed by atoms with Gasteiger partial charge in [-0.15, -0.1) is 0 Å². The van der Waals surface area contributed by atoms with E-state index >= 15 is 0 Å². The van der Waals surface area contributed by atoms with Crippen LogP contribution >= 0.6 is 15.9 Å². The van der Waals surface area contributed by atoms with Crippen molar-refractivity contribution in [3.63, 3.8) is 0 Å². The van der Waals surface area contributed by atoms with Gasteiger partial charge in [-0.05, 0) is 41.1 Å². The van der Waals surface area contributed by atoms with Crippen molar-refractivity contribution in [3.8, 4) is 0 Å². The highest BCUT2D eigenvalue weighted by Gasteiger charge is 2.02. The highest BCUT2D eigenvalue weighted by Crippen LogP contribution is 2.20. The van der Waals surface area contributed by atoms with Gasteiger partial charge in [0.25, 0.3) is 0 Å². The molecular weight excluding hydrogens is 230 g/mol. The van der Waals surface area contributed by atoms with Gasteiger partial charge in [-0.2, -0.15) is 0 Å². The van der Waals surface area contributed by atoms with E-state index in [0.29, 0.717) is 0 Å². The molecule has 4 heteroatoms. The highest BCUT2D eigenvalue weighted by molar-refractivity contribution is 9.10. The second-order valence-corrected chi connectivity index (χ2v) is 3.49. The first kappa shape index (κ1) is 10.1. The number of hydrogen-bond acceptors (Lipinski definition) is 2. The van der Waals surface area contributed by atoms with Crippen molar-refractivity contribution in [1.29, 1.82) is 5.41 Å². The van der Waals surface area contributed by atoms with E-state index in [2.05, 4.69) is 21.2 Å². The molecular formula is C9H12BrN3. The summed E-state index contributed by atoms with van der Waals surface area (Å²) >= 11 is 3.36. The van der Waals surface area contributed by atoms with Crippen LogP contribution in [-0.2, 0) is 0 Å². The lowest BCUT2D eigenvalue weighted by molar-refractivity contribution is 1.21. The molecule has 0 spiro atoms. The monoisotopic (exact) mass is 241 g/mol. The summed E-state index contributed by atoms with van der Waals surface area (Å²) in [6, 6.07) is 5.65. The summed E-state index contributed by atoms with van der Waals surface area (Å²) in [4.78, 5) is 0. The average Bonchev–Trinajstić information content (AvgIpc) is 2.04. The van der Waals surface area contributed by atoms with Gasteiger partial charge in [0.1, 0.15) is 5.84 Å². The van der Waals surface area contributed by atoms with E-state index < -0.39 is 0 Å². The fraction of sp³-hybridized carbons (Fsp3) is 0.222. The number of benzene rings is 1. The van der Waals surface area contributed by atoms with Gasteiger partial charge in [-0.25, -0.2) is 0 Å². The molecule has 0 unspecified atom stereocenters. The molecule has 0 aromatic heterocycles. The lowest BCUT2D eigenvalue weighted by Gasteiger charge is -2.06. The lowest BCUT2D eigenvalue weighted by Crippen LogP contribution is -2.11. The molecule has 0 atom stereocenters. The second-order valence-electron chi connectivity index (χ2n) is 2.64. The zero-order chi connectivity index (χ0) is 9.84. The van der Waals surface area contributed by atoms with Crippen LogP contribution in [-0.4, -0.2) is 12.4 Å². The summed E-state index contributed by atoms with van der Waals surface area (Å²) < 4.78 is 0.846. The number of amidine groups is 1. The topological polar surface area (TPSA) is 61.9 Å². The van der Waals surface area contributed by atoms with Gasteiger partial charge in [0.05, 0.1) is 0 Å². The molecule has 0 aliphatic heterocycles. The maximum Gasteiger partial charge on any atom is 0.123 e. The predicted octanol–water partition coefficient (Wildman–Crippen LogP) is 2.16. The molecule has 0 amide bonds. The van der Waals surface area contributed by atoms with E-state index in [1.807, 2.05) is 25.1 Å². The van der Waals surface area contributed by atoms with Crippen LogP contribution in [0.25, 0.3) is 0 Å². The third kappa shape index (κ3) is 2.45. The first-order chi connectivity index (χ1) is 6.15. The summed E-state index contributed by atoms with van der Waals surface area (Å²) in [5.74, 6) is 0.0786. The van der Waals surface area contributed by atoms with Gasteiger partial charge in [0.15, 0.2) is 0 Å². The van der Waals surface area contributed by atoms with Crippen LogP contribution in [0.5, 0.6) is 0 Å². The van der Waals surface area contributed by atoms with Crippen molar-refractivity contribution < 1.29 is 0 Å². The van der Waals surface area contributed by atoms with Gasteiger partial charge >= 0.3 is 0 Å². The largest absolute Gasteiger partial charge is 0.385 e. The maximum atomic E-state index is 7.28. The van der Waals surface area contributed by atoms with Crippen molar-refractivity contribution in [1.82, 2.24) is 0 Å². The Morgan fingerprint density at radius 2 is 2.31 bits per heavy atom. The molecule has 1 rings (SSSR count). The Morgan fingerprint density at radius 1 is 1.62 bits per heavy atom. The normalized spacial score (nSPS) is 9.69. The third-order valence-electron chi connectivity index (χ3n) is 1.64. The maximum absolute atomic E-state index is 7.28. The smallest absolute Gasteiger partial charge is 0.123 e. The van der Waals surface area contributed by atoms with E-state index in [1.54, 1.807) is 0 Å². The zero-order valence-corrected chi connectivity index (χ0v) is 8.98.